The highest BCUT2D eigenvalue weighted by molar-refractivity contribution is 5.35. The molecular weight excluding hydrogens is 164 g/mol. The van der Waals surface area contributed by atoms with Gasteiger partial charge >= 0.3 is 0 Å². The number of benzene rings is 1. The first kappa shape index (κ1) is 8.73. The van der Waals surface area contributed by atoms with Gasteiger partial charge in [0.05, 0.1) is 6.10 Å². The Bertz CT molecular complexity index is 318. The maximum atomic E-state index is 9.93. The summed E-state index contributed by atoms with van der Waals surface area (Å²) in [6.07, 6.45) is 0.943. The molecule has 0 radical (unpaired) electrons. The first-order chi connectivity index (χ1) is 6.15. The largest absolute Gasteiger partial charge is 0.362 e. The van der Waals surface area contributed by atoms with Crippen LogP contribution in [0.3, 0.4) is 0 Å². The van der Waals surface area contributed by atoms with E-state index in [0.29, 0.717) is 0 Å². The first-order valence-electron chi connectivity index (χ1n) is 4.64. The van der Waals surface area contributed by atoms with Crippen molar-refractivity contribution in [2.75, 3.05) is 0 Å². The summed E-state index contributed by atoms with van der Waals surface area (Å²) in [4.78, 5) is 0. The summed E-state index contributed by atoms with van der Waals surface area (Å²) in [5.41, 5.74) is 2.02. The van der Waals surface area contributed by atoms with Crippen LogP contribution in [0.4, 0.5) is 0 Å². The minimum atomic E-state index is -1.10. The average Bonchev–Trinajstić information content (AvgIpc) is 2.39. The summed E-state index contributed by atoms with van der Waals surface area (Å²) in [6, 6.07) is 7.84. The van der Waals surface area contributed by atoms with Crippen molar-refractivity contribution in [3.05, 3.63) is 35.4 Å². The Morgan fingerprint density at radius 3 is 2.85 bits per heavy atom. The summed E-state index contributed by atoms with van der Waals surface area (Å²) in [5.74, 6) is -1.10. The molecule has 1 aromatic rings. The molecular formula is C11H14O2. The van der Waals surface area contributed by atoms with Crippen molar-refractivity contribution >= 4 is 0 Å². The number of ether oxygens (including phenoxy) is 1. The van der Waals surface area contributed by atoms with Crippen molar-refractivity contribution in [1.82, 2.24) is 0 Å². The number of fused-ring (bicyclic) bond motifs is 1. The molecule has 0 aliphatic carbocycles. The summed E-state index contributed by atoms with van der Waals surface area (Å²) in [5, 5.41) is 9.93. The van der Waals surface area contributed by atoms with E-state index < -0.39 is 5.79 Å². The van der Waals surface area contributed by atoms with Gasteiger partial charge in [-0.25, -0.2) is 0 Å². The molecule has 2 unspecified atom stereocenters. The zero-order valence-corrected chi connectivity index (χ0v) is 7.95. The Labute approximate surface area is 78.2 Å². The second-order valence-electron chi connectivity index (χ2n) is 3.58. The van der Waals surface area contributed by atoms with Crippen LogP contribution in [0.1, 0.15) is 37.5 Å². The first-order valence-corrected chi connectivity index (χ1v) is 4.64. The summed E-state index contributed by atoms with van der Waals surface area (Å²) >= 11 is 0. The fourth-order valence-electron chi connectivity index (χ4n) is 1.91. The molecule has 0 fully saturated rings. The quantitative estimate of drug-likeness (QED) is 0.715. The van der Waals surface area contributed by atoms with E-state index in [1.54, 1.807) is 6.92 Å². The van der Waals surface area contributed by atoms with Crippen molar-refractivity contribution in [1.29, 1.82) is 0 Å². The summed E-state index contributed by atoms with van der Waals surface area (Å²) in [6.45, 7) is 3.75. The van der Waals surface area contributed by atoms with Crippen LogP contribution in [0.25, 0.3) is 0 Å². The predicted octanol–water partition coefficient (Wildman–Crippen LogP) is 2.33. The Hall–Kier alpha value is -0.860. The van der Waals surface area contributed by atoms with Gasteiger partial charge in [-0.2, -0.15) is 0 Å². The van der Waals surface area contributed by atoms with E-state index in [1.807, 2.05) is 24.3 Å². The van der Waals surface area contributed by atoms with Gasteiger partial charge in [0.25, 0.3) is 0 Å². The van der Waals surface area contributed by atoms with Crippen LogP contribution in [0, 0.1) is 0 Å². The fourth-order valence-corrected chi connectivity index (χ4v) is 1.91. The van der Waals surface area contributed by atoms with Gasteiger partial charge in [-0.3, -0.25) is 0 Å². The van der Waals surface area contributed by atoms with Crippen LogP contribution in [-0.4, -0.2) is 5.11 Å². The van der Waals surface area contributed by atoms with Crippen LogP contribution in [-0.2, 0) is 10.5 Å². The normalized spacial score (nSPS) is 31.8. The van der Waals surface area contributed by atoms with Gasteiger partial charge in [0.1, 0.15) is 0 Å². The zero-order chi connectivity index (χ0) is 9.47. The third-order valence-corrected chi connectivity index (χ3v) is 2.55. The van der Waals surface area contributed by atoms with Gasteiger partial charge < -0.3 is 9.84 Å². The van der Waals surface area contributed by atoms with E-state index in [4.69, 9.17) is 4.74 Å². The second kappa shape index (κ2) is 2.82. The van der Waals surface area contributed by atoms with E-state index in [2.05, 4.69) is 6.92 Å². The van der Waals surface area contributed by atoms with Crippen LogP contribution in [0.15, 0.2) is 24.3 Å². The highest BCUT2D eigenvalue weighted by Crippen LogP contribution is 2.42. The van der Waals surface area contributed by atoms with E-state index in [-0.39, 0.29) is 6.10 Å². The molecule has 2 heteroatoms. The molecule has 13 heavy (non-hydrogen) atoms. The lowest BCUT2D eigenvalue weighted by Gasteiger charge is -2.18. The Morgan fingerprint density at radius 2 is 2.15 bits per heavy atom. The molecule has 0 saturated carbocycles. The van der Waals surface area contributed by atoms with E-state index in [9.17, 15) is 5.11 Å². The minimum absolute atomic E-state index is 0.0474. The predicted molar refractivity (Wildman–Crippen MR) is 50.1 cm³/mol. The van der Waals surface area contributed by atoms with E-state index >= 15 is 0 Å². The lowest BCUT2D eigenvalue weighted by Crippen LogP contribution is -2.19. The molecule has 2 nitrogen and oxygen atoms in total. The molecule has 0 bridgehead atoms. The van der Waals surface area contributed by atoms with Crippen LogP contribution in [0.5, 0.6) is 0 Å². The molecule has 70 valence electrons. The van der Waals surface area contributed by atoms with E-state index in [0.717, 1.165) is 17.5 Å². The minimum Gasteiger partial charge on any atom is -0.362 e. The fraction of sp³-hybridized carbons (Fsp3) is 0.455. The van der Waals surface area contributed by atoms with Gasteiger partial charge in [-0.1, -0.05) is 31.2 Å². The Kier molecular flexibility index (Phi) is 1.90. The zero-order valence-electron chi connectivity index (χ0n) is 7.95. The Balaban J connectivity index is 2.51. The SMILES string of the molecule is CCC1OC(C)(O)c2ccccc21. The van der Waals surface area contributed by atoms with Gasteiger partial charge in [-0.05, 0) is 18.9 Å². The number of hydrogen-bond acceptors (Lipinski definition) is 2. The summed E-state index contributed by atoms with van der Waals surface area (Å²) < 4.78 is 5.52. The van der Waals surface area contributed by atoms with Crippen molar-refractivity contribution in [2.24, 2.45) is 0 Å². The molecule has 1 N–H and O–H groups in total. The van der Waals surface area contributed by atoms with Crippen LogP contribution < -0.4 is 0 Å². The third kappa shape index (κ3) is 1.26. The standard InChI is InChI=1S/C11H14O2/c1-3-10-8-6-4-5-7-9(8)11(2,12)13-10/h4-7,10,12H,3H2,1-2H3. The third-order valence-electron chi connectivity index (χ3n) is 2.55. The van der Waals surface area contributed by atoms with Gasteiger partial charge in [0, 0.05) is 5.56 Å². The van der Waals surface area contributed by atoms with Crippen molar-refractivity contribution in [3.63, 3.8) is 0 Å². The molecule has 1 heterocycles. The lowest BCUT2D eigenvalue weighted by atomic mass is 10.00. The number of hydrogen-bond donors (Lipinski definition) is 1. The number of aliphatic hydroxyl groups is 1. The molecule has 0 saturated heterocycles. The molecule has 0 aromatic heterocycles. The maximum absolute atomic E-state index is 9.93. The maximum Gasteiger partial charge on any atom is 0.190 e. The van der Waals surface area contributed by atoms with Crippen molar-refractivity contribution < 1.29 is 9.84 Å². The Morgan fingerprint density at radius 1 is 1.46 bits per heavy atom. The number of rotatable bonds is 1. The summed E-state index contributed by atoms with van der Waals surface area (Å²) in [7, 11) is 0. The molecule has 2 atom stereocenters. The van der Waals surface area contributed by atoms with Crippen molar-refractivity contribution in [2.45, 2.75) is 32.2 Å². The van der Waals surface area contributed by atoms with Gasteiger partial charge in [0.2, 0.25) is 0 Å². The van der Waals surface area contributed by atoms with Gasteiger partial charge in [-0.15, -0.1) is 0 Å². The second-order valence-corrected chi connectivity index (χ2v) is 3.58. The van der Waals surface area contributed by atoms with Crippen molar-refractivity contribution in [3.8, 4) is 0 Å². The molecule has 1 aliphatic heterocycles. The van der Waals surface area contributed by atoms with Crippen LogP contribution >= 0.6 is 0 Å². The molecule has 2 rings (SSSR count). The molecule has 1 aromatic carbocycles. The highest BCUT2D eigenvalue weighted by atomic mass is 16.6. The van der Waals surface area contributed by atoms with E-state index in [1.165, 1.54) is 0 Å². The molecule has 0 amide bonds. The monoisotopic (exact) mass is 178 g/mol. The average molecular weight is 178 g/mol. The molecule has 1 aliphatic rings. The van der Waals surface area contributed by atoms with Gasteiger partial charge in [0.15, 0.2) is 5.79 Å². The smallest absolute Gasteiger partial charge is 0.190 e. The topological polar surface area (TPSA) is 29.5 Å². The molecule has 0 spiro atoms. The highest BCUT2D eigenvalue weighted by Gasteiger charge is 2.38. The van der Waals surface area contributed by atoms with Crippen LogP contribution in [0.2, 0.25) is 0 Å². The lowest BCUT2D eigenvalue weighted by molar-refractivity contribution is -0.210.